The Morgan fingerprint density at radius 2 is 2.12 bits per heavy atom. The van der Waals surface area contributed by atoms with Crippen molar-refractivity contribution in [2.45, 2.75) is 43.9 Å². The number of ether oxygens (including phenoxy) is 2. The fourth-order valence-electron chi connectivity index (χ4n) is 3.37. The van der Waals surface area contributed by atoms with Crippen molar-refractivity contribution >= 4 is 11.9 Å². The normalized spacial score (nSPS) is 29.1. The molecule has 0 aromatic heterocycles. The first kappa shape index (κ1) is 17.8. The Balaban J connectivity index is 1.77. The van der Waals surface area contributed by atoms with Crippen LogP contribution >= 0.6 is 0 Å². The van der Waals surface area contributed by atoms with E-state index in [1.807, 2.05) is 30.3 Å². The van der Waals surface area contributed by atoms with Gasteiger partial charge in [-0.25, -0.2) is 0 Å². The summed E-state index contributed by atoms with van der Waals surface area (Å²) in [6.07, 6.45) is 0.690. The molecule has 2 fully saturated rings. The third kappa shape index (κ3) is 3.68. The molecule has 2 saturated heterocycles. The lowest BCUT2D eigenvalue weighted by atomic mass is 9.91. The molecule has 2 heterocycles. The lowest BCUT2D eigenvalue weighted by molar-refractivity contribution is -0.259. The second-order valence-electron chi connectivity index (χ2n) is 6.37. The topological polar surface area (TPSA) is 85.3 Å². The van der Waals surface area contributed by atoms with Crippen molar-refractivity contribution in [2.24, 2.45) is 0 Å². The number of aliphatic hydroxyl groups is 1. The maximum absolute atomic E-state index is 12.2. The van der Waals surface area contributed by atoms with Gasteiger partial charge in [0, 0.05) is 12.8 Å². The van der Waals surface area contributed by atoms with Gasteiger partial charge in [0.25, 0.3) is 0 Å². The van der Waals surface area contributed by atoms with Crippen LogP contribution in [0, 0.1) is 0 Å². The molecule has 2 aliphatic rings. The Hall–Kier alpha value is -1.96. The summed E-state index contributed by atoms with van der Waals surface area (Å²) >= 11 is 0. The number of benzene rings is 1. The van der Waals surface area contributed by atoms with E-state index in [9.17, 15) is 14.7 Å². The molecule has 3 rings (SSSR count). The summed E-state index contributed by atoms with van der Waals surface area (Å²) in [6.45, 7) is 1.96. The van der Waals surface area contributed by atoms with E-state index >= 15 is 0 Å². The second kappa shape index (κ2) is 7.51. The van der Waals surface area contributed by atoms with Crippen LogP contribution in [0.5, 0.6) is 0 Å². The van der Waals surface area contributed by atoms with E-state index in [-0.39, 0.29) is 50.5 Å². The molecule has 0 unspecified atom stereocenters. The highest BCUT2D eigenvalue weighted by Gasteiger charge is 2.53. The summed E-state index contributed by atoms with van der Waals surface area (Å²) in [5.41, 5.74) is -0.00694. The number of rotatable bonds is 6. The molecular formula is C18H23NO6. The van der Waals surface area contributed by atoms with Crippen LogP contribution in [0.15, 0.2) is 30.3 Å². The summed E-state index contributed by atoms with van der Waals surface area (Å²) in [6, 6.07) is 8.81. The zero-order valence-corrected chi connectivity index (χ0v) is 14.2. The van der Waals surface area contributed by atoms with Crippen molar-refractivity contribution in [3.8, 4) is 0 Å². The molecule has 0 saturated carbocycles. The van der Waals surface area contributed by atoms with Gasteiger partial charge in [-0.15, -0.1) is 0 Å². The third-order valence-corrected chi connectivity index (χ3v) is 4.70. The van der Waals surface area contributed by atoms with Crippen LogP contribution in [0.25, 0.3) is 0 Å². The van der Waals surface area contributed by atoms with Crippen molar-refractivity contribution in [3.05, 3.63) is 35.9 Å². The minimum absolute atomic E-state index is 0.125. The van der Waals surface area contributed by atoms with Gasteiger partial charge in [0.1, 0.15) is 18.2 Å². The maximum Gasteiger partial charge on any atom is 0.325 e. The number of carbonyl (C=O) groups excluding carboxylic acids is 2. The number of esters is 2. The lowest BCUT2D eigenvalue weighted by Gasteiger charge is -2.35. The predicted molar refractivity (Wildman–Crippen MR) is 87.2 cm³/mol. The molecule has 0 aliphatic carbocycles. The number of aliphatic hydroxyl groups excluding tert-OH is 1. The van der Waals surface area contributed by atoms with E-state index in [0.29, 0.717) is 6.61 Å². The fourth-order valence-corrected chi connectivity index (χ4v) is 3.37. The van der Waals surface area contributed by atoms with E-state index in [4.69, 9.17) is 14.3 Å². The number of fused-ring (bicyclic) bond motifs is 1. The van der Waals surface area contributed by atoms with Gasteiger partial charge < -0.3 is 14.6 Å². The summed E-state index contributed by atoms with van der Waals surface area (Å²) < 4.78 is 10.3. The van der Waals surface area contributed by atoms with Gasteiger partial charge in [-0.3, -0.25) is 14.4 Å². The molecule has 1 aromatic rings. The molecule has 1 N–H and O–H groups in total. The number of hydroxylamine groups is 2. The average Bonchev–Trinajstić information content (AvgIpc) is 3.03. The SMILES string of the molecule is CCOC(=O)CC[C@@]1(CO)C[C@H]2C(=O)OC[C@H](c3ccccc3)N2O1. The first-order valence-corrected chi connectivity index (χ1v) is 8.54. The zero-order chi connectivity index (χ0) is 17.9. The average molecular weight is 349 g/mol. The van der Waals surface area contributed by atoms with Gasteiger partial charge in [0.15, 0.2) is 0 Å². The Morgan fingerprint density at radius 3 is 2.80 bits per heavy atom. The number of cyclic esters (lactones) is 1. The van der Waals surface area contributed by atoms with Crippen molar-refractivity contribution < 1.29 is 29.0 Å². The molecule has 1 aromatic carbocycles. The largest absolute Gasteiger partial charge is 0.466 e. The number of hydrogen-bond acceptors (Lipinski definition) is 7. The van der Waals surface area contributed by atoms with Gasteiger partial charge in [-0.2, -0.15) is 5.06 Å². The number of nitrogens with zero attached hydrogens (tertiary/aromatic N) is 1. The van der Waals surface area contributed by atoms with Crippen molar-refractivity contribution in [2.75, 3.05) is 19.8 Å². The van der Waals surface area contributed by atoms with Crippen LogP contribution in [0.2, 0.25) is 0 Å². The molecule has 7 heteroatoms. The van der Waals surface area contributed by atoms with E-state index in [2.05, 4.69) is 0 Å². The number of carbonyl (C=O) groups is 2. The smallest absolute Gasteiger partial charge is 0.325 e. The molecule has 25 heavy (non-hydrogen) atoms. The number of morpholine rings is 1. The predicted octanol–water partition coefficient (Wildman–Crippen LogP) is 1.36. The molecule has 0 spiro atoms. The highest BCUT2D eigenvalue weighted by Crippen LogP contribution is 2.42. The summed E-state index contributed by atoms with van der Waals surface area (Å²) in [4.78, 5) is 29.9. The van der Waals surface area contributed by atoms with E-state index in [1.54, 1.807) is 12.0 Å². The van der Waals surface area contributed by atoms with Crippen LogP contribution in [0.4, 0.5) is 0 Å². The number of hydrogen-bond donors (Lipinski definition) is 1. The Morgan fingerprint density at radius 1 is 1.36 bits per heavy atom. The van der Waals surface area contributed by atoms with E-state index < -0.39 is 11.6 Å². The van der Waals surface area contributed by atoms with Crippen molar-refractivity contribution in [1.29, 1.82) is 0 Å². The first-order chi connectivity index (χ1) is 12.1. The summed E-state index contributed by atoms with van der Waals surface area (Å²) in [5.74, 6) is -0.704. The fraction of sp³-hybridized carbons (Fsp3) is 0.556. The van der Waals surface area contributed by atoms with Gasteiger partial charge in [0.05, 0.1) is 19.3 Å². The molecule has 0 radical (unpaired) electrons. The third-order valence-electron chi connectivity index (χ3n) is 4.70. The highest BCUT2D eigenvalue weighted by atomic mass is 16.7. The molecular weight excluding hydrogens is 326 g/mol. The molecule has 136 valence electrons. The second-order valence-corrected chi connectivity index (χ2v) is 6.37. The van der Waals surface area contributed by atoms with Gasteiger partial charge in [-0.05, 0) is 18.9 Å². The molecule has 0 bridgehead atoms. The van der Waals surface area contributed by atoms with Gasteiger partial charge >= 0.3 is 11.9 Å². The molecule has 3 atom stereocenters. The molecule has 7 nitrogen and oxygen atoms in total. The summed E-state index contributed by atoms with van der Waals surface area (Å²) in [5, 5.41) is 11.5. The standard InChI is InChI=1S/C18H23NO6/c1-2-23-16(21)8-9-18(12-20)10-14-17(22)24-11-15(19(14)25-18)13-6-4-3-5-7-13/h3-7,14-15,20H,2,8-12H2,1H3/t14-,15+,18-/m0/s1. The van der Waals surface area contributed by atoms with E-state index in [0.717, 1.165) is 5.56 Å². The minimum atomic E-state index is -0.978. The van der Waals surface area contributed by atoms with Crippen LogP contribution in [-0.2, 0) is 23.9 Å². The summed E-state index contributed by atoms with van der Waals surface area (Å²) in [7, 11) is 0. The minimum Gasteiger partial charge on any atom is -0.466 e. The van der Waals surface area contributed by atoms with Crippen molar-refractivity contribution in [3.63, 3.8) is 0 Å². The molecule has 0 amide bonds. The van der Waals surface area contributed by atoms with Crippen molar-refractivity contribution in [1.82, 2.24) is 5.06 Å². The first-order valence-electron chi connectivity index (χ1n) is 8.54. The van der Waals surface area contributed by atoms with Gasteiger partial charge in [0.2, 0.25) is 0 Å². The van der Waals surface area contributed by atoms with Gasteiger partial charge in [-0.1, -0.05) is 30.3 Å². The maximum atomic E-state index is 12.2. The molecule has 2 aliphatic heterocycles. The van der Waals surface area contributed by atoms with Crippen LogP contribution in [0.3, 0.4) is 0 Å². The van der Waals surface area contributed by atoms with Crippen LogP contribution in [-0.4, -0.2) is 53.6 Å². The zero-order valence-electron chi connectivity index (χ0n) is 14.2. The Bertz CT molecular complexity index is 621. The quantitative estimate of drug-likeness (QED) is 0.776. The highest BCUT2D eigenvalue weighted by molar-refractivity contribution is 5.77. The van der Waals surface area contributed by atoms with Crippen LogP contribution in [0.1, 0.15) is 37.8 Å². The Labute approximate surface area is 146 Å². The van der Waals surface area contributed by atoms with E-state index in [1.165, 1.54) is 0 Å². The lowest BCUT2D eigenvalue weighted by Crippen LogP contribution is -2.46. The van der Waals surface area contributed by atoms with Crippen LogP contribution < -0.4 is 0 Å². The monoisotopic (exact) mass is 349 g/mol. The Kier molecular flexibility index (Phi) is 5.36.